The highest BCUT2D eigenvalue weighted by molar-refractivity contribution is 5.79. The number of amides is 1. The van der Waals surface area contributed by atoms with Crippen LogP contribution in [0.2, 0.25) is 0 Å². The van der Waals surface area contributed by atoms with Crippen LogP contribution in [-0.2, 0) is 17.8 Å². The van der Waals surface area contributed by atoms with E-state index in [0.29, 0.717) is 48.2 Å². The topological polar surface area (TPSA) is 125 Å². The Bertz CT molecular complexity index is 1290. The molecule has 0 unspecified atom stereocenters. The first-order valence-corrected chi connectivity index (χ1v) is 12.1. The quantitative estimate of drug-likeness (QED) is 0.494. The third kappa shape index (κ3) is 5.56. The first-order valence-electron chi connectivity index (χ1n) is 12.1. The number of nitriles is 1. The number of carbonyl (C=O) groups is 1. The van der Waals surface area contributed by atoms with Gasteiger partial charge in [-0.1, -0.05) is 17.3 Å². The van der Waals surface area contributed by atoms with Gasteiger partial charge in [0.1, 0.15) is 11.8 Å². The maximum atomic E-state index is 12.5. The molecule has 1 aromatic heterocycles. The van der Waals surface area contributed by atoms with Crippen LogP contribution in [0.1, 0.15) is 43.0 Å². The van der Waals surface area contributed by atoms with Crippen molar-refractivity contribution < 1.29 is 19.2 Å². The van der Waals surface area contributed by atoms with Gasteiger partial charge in [0, 0.05) is 30.8 Å². The van der Waals surface area contributed by atoms with E-state index in [4.69, 9.17) is 9.26 Å². The van der Waals surface area contributed by atoms with Crippen LogP contribution in [0.15, 0.2) is 34.9 Å². The van der Waals surface area contributed by atoms with Crippen LogP contribution in [0.4, 0.5) is 0 Å². The van der Waals surface area contributed by atoms with E-state index in [1.807, 2.05) is 37.8 Å². The van der Waals surface area contributed by atoms with Crippen LogP contribution in [0, 0.1) is 18.3 Å². The number of aliphatic hydroxyl groups excluding tert-OH is 1. The summed E-state index contributed by atoms with van der Waals surface area (Å²) in [6.45, 7) is 9.32. The van der Waals surface area contributed by atoms with Crippen LogP contribution in [0.5, 0.6) is 5.75 Å². The Morgan fingerprint density at radius 1 is 1.31 bits per heavy atom. The lowest BCUT2D eigenvalue weighted by Gasteiger charge is -2.30. The SMILES string of the molecule is Cc1c(-c2noc(-c3ccc(OC(C)C)c(C#N)c3)n2)ccc2c1CCN(C(=O)CNC[C@@H](C)O)C2. The van der Waals surface area contributed by atoms with E-state index in [-0.39, 0.29) is 18.6 Å². The maximum Gasteiger partial charge on any atom is 0.258 e. The minimum absolute atomic E-state index is 0.0207. The van der Waals surface area contributed by atoms with E-state index in [0.717, 1.165) is 23.1 Å². The molecule has 2 heterocycles. The summed E-state index contributed by atoms with van der Waals surface area (Å²) in [5.74, 6) is 1.35. The number of nitrogens with one attached hydrogen (secondary N) is 1. The van der Waals surface area contributed by atoms with Crippen LogP contribution < -0.4 is 10.1 Å². The summed E-state index contributed by atoms with van der Waals surface area (Å²) < 4.78 is 11.2. The molecule has 0 fully saturated rings. The molecule has 0 radical (unpaired) electrons. The molecule has 2 aromatic carbocycles. The van der Waals surface area contributed by atoms with E-state index in [1.165, 1.54) is 5.56 Å². The van der Waals surface area contributed by atoms with Crippen molar-refractivity contribution in [1.29, 1.82) is 5.26 Å². The van der Waals surface area contributed by atoms with Crippen LogP contribution in [0.3, 0.4) is 0 Å². The van der Waals surface area contributed by atoms with Gasteiger partial charge < -0.3 is 24.6 Å². The van der Waals surface area contributed by atoms with Crippen molar-refractivity contribution in [1.82, 2.24) is 20.4 Å². The van der Waals surface area contributed by atoms with E-state index in [2.05, 4.69) is 21.5 Å². The number of hydrogen-bond acceptors (Lipinski definition) is 8. The fourth-order valence-electron chi connectivity index (χ4n) is 4.35. The van der Waals surface area contributed by atoms with Gasteiger partial charge in [0.25, 0.3) is 5.89 Å². The summed E-state index contributed by atoms with van der Waals surface area (Å²) in [5.41, 5.74) is 5.30. The monoisotopic (exact) mass is 489 g/mol. The Morgan fingerprint density at radius 3 is 2.83 bits per heavy atom. The molecule has 188 valence electrons. The van der Waals surface area contributed by atoms with Gasteiger partial charge >= 0.3 is 0 Å². The zero-order valence-corrected chi connectivity index (χ0v) is 21.0. The van der Waals surface area contributed by atoms with Crippen molar-refractivity contribution in [3.63, 3.8) is 0 Å². The Hall–Kier alpha value is -3.74. The van der Waals surface area contributed by atoms with Gasteiger partial charge in [-0.3, -0.25) is 4.79 Å². The van der Waals surface area contributed by atoms with E-state index in [9.17, 15) is 15.2 Å². The normalized spacial score (nSPS) is 13.9. The van der Waals surface area contributed by atoms with E-state index >= 15 is 0 Å². The molecule has 0 spiro atoms. The van der Waals surface area contributed by atoms with E-state index in [1.54, 1.807) is 25.1 Å². The molecule has 0 aliphatic carbocycles. The van der Waals surface area contributed by atoms with Gasteiger partial charge in [-0.15, -0.1) is 0 Å². The lowest BCUT2D eigenvalue weighted by molar-refractivity contribution is -0.131. The first-order chi connectivity index (χ1) is 17.3. The maximum absolute atomic E-state index is 12.5. The average Bonchev–Trinajstić information content (AvgIpc) is 3.33. The van der Waals surface area contributed by atoms with Crippen LogP contribution in [-0.4, -0.2) is 57.9 Å². The summed E-state index contributed by atoms with van der Waals surface area (Å²) in [7, 11) is 0. The number of carbonyl (C=O) groups excluding carboxylic acids is 1. The molecule has 0 saturated heterocycles. The number of aromatic nitrogens is 2. The molecular weight excluding hydrogens is 458 g/mol. The lowest BCUT2D eigenvalue weighted by atomic mass is 9.91. The number of rotatable bonds is 8. The molecule has 0 bridgehead atoms. The fourth-order valence-corrected chi connectivity index (χ4v) is 4.35. The highest BCUT2D eigenvalue weighted by Crippen LogP contribution is 2.32. The third-order valence-electron chi connectivity index (χ3n) is 6.13. The number of aliphatic hydroxyl groups is 1. The molecule has 36 heavy (non-hydrogen) atoms. The second-order valence-corrected chi connectivity index (χ2v) is 9.33. The second-order valence-electron chi connectivity index (χ2n) is 9.33. The van der Waals surface area contributed by atoms with Gasteiger partial charge in [0.15, 0.2) is 0 Å². The summed E-state index contributed by atoms with van der Waals surface area (Å²) in [5, 5.41) is 26.1. The Balaban J connectivity index is 1.52. The van der Waals surface area contributed by atoms with Crippen molar-refractivity contribution in [2.75, 3.05) is 19.6 Å². The van der Waals surface area contributed by atoms with Crippen molar-refractivity contribution in [2.24, 2.45) is 0 Å². The van der Waals surface area contributed by atoms with Crippen molar-refractivity contribution >= 4 is 5.91 Å². The molecule has 9 nitrogen and oxygen atoms in total. The number of benzene rings is 2. The molecular formula is C27H31N5O4. The Labute approximate surface area is 210 Å². The van der Waals surface area contributed by atoms with E-state index < -0.39 is 6.10 Å². The third-order valence-corrected chi connectivity index (χ3v) is 6.13. The summed E-state index contributed by atoms with van der Waals surface area (Å²) in [4.78, 5) is 19.0. The average molecular weight is 490 g/mol. The second kappa shape index (κ2) is 10.9. The summed E-state index contributed by atoms with van der Waals surface area (Å²) >= 11 is 0. The smallest absolute Gasteiger partial charge is 0.258 e. The van der Waals surface area contributed by atoms with Gasteiger partial charge in [-0.05, 0) is 69.0 Å². The zero-order valence-electron chi connectivity index (χ0n) is 21.0. The molecule has 1 aliphatic heterocycles. The Kier molecular flexibility index (Phi) is 7.67. The van der Waals surface area contributed by atoms with Crippen LogP contribution >= 0.6 is 0 Å². The molecule has 2 N–H and O–H groups in total. The molecule has 1 atom stereocenters. The van der Waals surface area contributed by atoms with Gasteiger partial charge in [0.05, 0.1) is 24.3 Å². The van der Waals surface area contributed by atoms with Crippen molar-refractivity contribution in [3.05, 3.63) is 52.6 Å². The van der Waals surface area contributed by atoms with Gasteiger partial charge in [-0.2, -0.15) is 10.2 Å². The predicted molar refractivity (Wildman–Crippen MR) is 134 cm³/mol. The minimum atomic E-state index is -0.488. The standard InChI is InChI=1S/C27H31N5O4/c1-16(2)35-24-8-6-19(11-21(24)12-28)27-30-26(31-36-27)23-7-5-20-15-32(10-9-22(20)18(23)4)25(34)14-29-13-17(3)33/h5-8,11,16-17,29,33H,9-10,13-15H2,1-4H3/t17-/m1/s1. The number of ether oxygens (including phenoxy) is 1. The largest absolute Gasteiger partial charge is 0.490 e. The molecule has 1 aliphatic rings. The summed E-state index contributed by atoms with van der Waals surface area (Å²) in [6, 6.07) is 11.4. The van der Waals surface area contributed by atoms with Gasteiger partial charge in [0.2, 0.25) is 11.7 Å². The first kappa shape index (κ1) is 25.4. The predicted octanol–water partition coefficient (Wildman–Crippen LogP) is 3.23. The number of hydrogen-bond donors (Lipinski definition) is 2. The highest BCUT2D eigenvalue weighted by atomic mass is 16.5. The molecule has 4 rings (SSSR count). The summed E-state index contributed by atoms with van der Waals surface area (Å²) in [6.07, 6.45) is 0.213. The Morgan fingerprint density at radius 2 is 2.11 bits per heavy atom. The number of fused-ring (bicyclic) bond motifs is 1. The highest BCUT2D eigenvalue weighted by Gasteiger charge is 2.24. The zero-order chi connectivity index (χ0) is 25.8. The lowest BCUT2D eigenvalue weighted by Crippen LogP contribution is -2.42. The molecule has 9 heteroatoms. The fraction of sp³-hybridized carbons (Fsp3) is 0.407. The van der Waals surface area contributed by atoms with Crippen LogP contribution in [0.25, 0.3) is 22.8 Å². The molecule has 0 saturated carbocycles. The van der Waals surface area contributed by atoms with Crippen molar-refractivity contribution in [3.8, 4) is 34.7 Å². The van der Waals surface area contributed by atoms with Crippen molar-refractivity contribution in [2.45, 2.75) is 52.9 Å². The molecule has 3 aromatic rings. The van der Waals surface area contributed by atoms with Gasteiger partial charge in [-0.25, -0.2) is 0 Å². The minimum Gasteiger partial charge on any atom is -0.490 e. The molecule has 1 amide bonds. The number of nitrogens with zero attached hydrogens (tertiary/aromatic N) is 4.